The molecule has 25 heavy (non-hydrogen) atoms. The zero-order chi connectivity index (χ0) is 17.6. The number of nitrogens with one attached hydrogen (secondary N) is 1. The molecule has 5 nitrogen and oxygen atoms in total. The minimum Gasteiger partial charge on any atom is -0.404 e. The summed E-state index contributed by atoms with van der Waals surface area (Å²) in [6, 6.07) is 19.2. The smallest absolute Gasteiger partial charge is 0.362 e. The summed E-state index contributed by atoms with van der Waals surface area (Å²) < 4.78 is 1.19. The maximum Gasteiger partial charge on any atom is 0.362 e. The third-order valence-corrected chi connectivity index (χ3v) is 4.75. The molecule has 1 N–H and O–H groups in total. The van der Waals surface area contributed by atoms with E-state index in [1.165, 1.54) is 16.5 Å². The minimum absolute atomic E-state index is 0.234. The summed E-state index contributed by atoms with van der Waals surface area (Å²) in [5.74, 6) is 0. The van der Waals surface area contributed by atoms with Crippen LogP contribution < -0.4 is 16.1 Å². The fraction of sp³-hybridized carbons (Fsp3) is 0.158. The maximum absolute atomic E-state index is 12.3. The molecular formula is C19H18N2O3S. The van der Waals surface area contributed by atoms with Gasteiger partial charge in [-0.3, -0.25) is 9.78 Å². The second kappa shape index (κ2) is 7.90. The highest BCUT2D eigenvalue weighted by Crippen LogP contribution is 2.28. The summed E-state index contributed by atoms with van der Waals surface area (Å²) >= 11 is 1.35. The van der Waals surface area contributed by atoms with E-state index in [1.54, 1.807) is 0 Å². The Kier molecular flexibility index (Phi) is 5.40. The molecule has 2 aromatic carbocycles. The second-order valence-electron chi connectivity index (χ2n) is 5.37. The van der Waals surface area contributed by atoms with Gasteiger partial charge in [0.05, 0.1) is 5.56 Å². The lowest BCUT2D eigenvalue weighted by molar-refractivity contribution is 0.0664. The molecule has 6 heteroatoms. The molecule has 3 aromatic rings. The molecule has 0 aliphatic heterocycles. The van der Waals surface area contributed by atoms with Crippen LogP contribution >= 0.6 is 11.8 Å². The van der Waals surface area contributed by atoms with Gasteiger partial charge < -0.3 is 4.84 Å². The van der Waals surface area contributed by atoms with Gasteiger partial charge in [-0.25, -0.2) is 4.79 Å². The Morgan fingerprint density at radius 1 is 1.00 bits per heavy atom. The van der Waals surface area contributed by atoms with E-state index in [0.717, 1.165) is 10.5 Å². The lowest BCUT2D eigenvalue weighted by Crippen LogP contribution is -2.37. The first-order valence-electron chi connectivity index (χ1n) is 7.97. The van der Waals surface area contributed by atoms with Crippen molar-refractivity contribution in [3.63, 3.8) is 0 Å². The van der Waals surface area contributed by atoms with Crippen molar-refractivity contribution >= 4 is 11.8 Å². The summed E-state index contributed by atoms with van der Waals surface area (Å²) in [4.78, 5) is 33.5. The van der Waals surface area contributed by atoms with E-state index in [4.69, 9.17) is 4.84 Å². The predicted molar refractivity (Wildman–Crippen MR) is 98.0 cm³/mol. The number of benzene rings is 2. The molecule has 0 spiro atoms. The molecule has 1 heterocycles. The highest BCUT2D eigenvalue weighted by molar-refractivity contribution is 7.99. The van der Waals surface area contributed by atoms with Crippen LogP contribution in [-0.4, -0.2) is 9.71 Å². The normalized spacial score (nSPS) is 10.6. The van der Waals surface area contributed by atoms with Crippen molar-refractivity contribution in [2.24, 2.45) is 0 Å². The highest BCUT2D eigenvalue weighted by atomic mass is 32.2. The molecule has 0 amide bonds. The zero-order valence-corrected chi connectivity index (χ0v) is 14.6. The molecular weight excluding hydrogens is 336 g/mol. The van der Waals surface area contributed by atoms with Crippen LogP contribution in [0, 0.1) is 0 Å². The van der Waals surface area contributed by atoms with Gasteiger partial charge in [-0.15, -0.1) is 4.73 Å². The second-order valence-corrected chi connectivity index (χ2v) is 6.43. The largest absolute Gasteiger partial charge is 0.404 e. The summed E-state index contributed by atoms with van der Waals surface area (Å²) in [6.45, 7) is 2.12. The van der Waals surface area contributed by atoms with Gasteiger partial charge >= 0.3 is 5.69 Å². The van der Waals surface area contributed by atoms with E-state index in [-0.39, 0.29) is 12.2 Å². The van der Waals surface area contributed by atoms with Gasteiger partial charge in [-0.05, 0) is 24.1 Å². The average molecular weight is 354 g/mol. The van der Waals surface area contributed by atoms with Crippen LogP contribution in [0.2, 0.25) is 0 Å². The Hall–Kier alpha value is -2.73. The Morgan fingerprint density at radius 3 is 2.28 bits per heavy atom. The minimum atomic E-state index is -0.573. The number of aromatic nitrogens is 2. The SMILES string of the molecule is CCc1c(Sc2ccccc2)n(OCc2ccccc2)c(=O)[nH]c1=O. The first kappa shape index (κ1) is 17.1. The van der Waals surface area contributed by atoms with Crippen molar-refractivity contribution in [1.29, 1.82) is 0 Å². The topological polar surface area (TPSA) is 64.1 Å². The zero-order valence-electron chi connectivity index (χ0n) is 13.8. The van der Waals surface area contributed by atoms with Crippen molar-refractivity contribution in [1.82, 2.24) is 9.71 Å². The Morgan fingerprint density at radius 2 is 1.64 bits per heavy atom. The summed E-state index contributed by atoms with van der Waals surface area (Å²) in [5.41, 5.74) is 0.526. The van der Waals surface area contributed by atoms with Gasteiger partial charge in [-0.2, -0.15) is 0 Å². The van der Waals surface area contributed by atoms with Crippen molar-refractivity contribution in [2.75, 3.05) is 0 Å². The van der Waals surface area contributed by atoms with E-state index in [9.17, 15) is 9.59 Å². The molecule has 0 atom stereocenters. The third-order valence-electron chi connectivity index (χ3n) is 3.64. The van der Waals surface area contributed by atoms with Gasteiger partial charge in [0.2, 0.25) is 0 Å². The number of rotatable bonds is 6. The number of hydrogen-bond donors (Lipinski definition) is 1. The molecule has 0 saturated heterocycles. The molecule has 0 aliphatic carbocycles. The van der Waals surface area contributed by atoms with Crippen molar-refractivity contribution in [3.05, 3.63) is 92.6 Å². The van der Waals surface area contributed by atoms with Crippen LogP contribution in [0.1, 0.15) is 18.1 Å². The Bertz CT molecular complexity index is 950. The van der Waals surface area contributed by atoms with Crippen molar-refractivity contribution in [3.8, 4) is 0 Å². The van der Waals surface area contributed by atoms with Gasteiger partial charge in [0.15, 0.2) is 0 Å². The Labute approximate surface area is 149 Å². The molecule has 0 bridgehead atoms. The van der Waals surface area contributed by atoms with Crippen LogP contribution in [-0.2, 0) is 13.0 Å². The van der Waals surface area contributed by atoms with Gasteiger partial charge in [0, 0.05) is 4.90 Å². The fourth-order valence-corrected chi connectivity index (χ4v) is 3.48. The number of H-pyrrole nitrogens is 1. The van der Waals surface area contributed by atoms with Crippen LogP contribution in [0.25, 0.3) is 0 Å². The molecule has 3 rings (SSSR count). The predicted octanol–water partition coefficient (Wildman–Crippen LogP) is 2.88. The summed E-state index contributed by atoms with van der Waals surface area (Å²) in [5, 5.41) is 0.512. The van der Waals surface area contributed by atoms with Gasteiger partial charge in [-0.1, -0.05) is 67.2 Å². The monoisotopic (exact) mass is 354 g/mol. The van der Waals surface area contributed by atoms with E-state index in [0.29, 0.717) is 17.0 Å². The molecule has 0 aliphatic rings. The van der Waals surface area contributed by atoms with Crippen molar-refractivity contribution < 1.29 is 4.84 Å². The maximum atomic E-state index is 12.3. The van der Waals surface area contributed by atoms with Crippen LogP contribution in [0.4, 0.5) is 0 Å². The van der Waals surface area contributed by atoms with Crippen LogP contribution in [0.15, 0.2) is 80.2 Å². The van der Waals surface area contributed by atoms with Crippen LogP contribution in [0.5, 0.6) is 0 Å². The molecule has 0 saturated carbocycles. The van der Waals surface area contributed by atoms with Gasteiger partial charge in [0.1, 0.15) is 11.6 Å². The first-order valence-corrected chi connectivity index (χ1v) is 8.79. The number of nitrogens with zero attached hydrogens (tertiary/aromatic N) is 1. The van der Waals surface area contributed by atoms with E-state index in [1.807, 2.05) is 67.6 Å². The Balaban J connectivity index is 2.00. The molecule has 128 valence electrons. The molecule has 0 fully saturated rings. The van der Waals surface area contributed by atoms with E-state index in [2.05, 4.69) is 4.98 Å². The first-order chi connectivity index (χ1) is 12.2. The molecule has 1 aromatic heterocycles. The van der Waals surface area contributed by atoms with Gasteiger partial charge in [0.25, 0.3) is 5.56 Å². The highest BCUT2D eigenvalue weighted by Gasteiger charge is 2.16. The summed E-state index contributed by atoms with van der Waals surface area (Å²) in [7, 11) is 0. The summed E-state index contributed by atoms with van der Waals surface area (Å²) in [6.07, 6.45) is 0.499. The average Bonchev–Trinajstić information content (AvgIpc) is 2.63. The number of aromatic amines is 1. The molecule has 0 radical (unpaired) electrons. The van der Waals surface area contributed by atoms with Crippen LogP contribution in [0.3, 0.4) is 0 Å². The van der Waals surface area contributed by atoms with Crippen molar-refractivity contribution in [2.45, 2.75) is 29.9 Å². The fourth-order valence-electron chi connectivity index (χ4n) is 2.38. The quantitative estimate of drug-likeness (QED) is 0.692. The lowest BCUT2D eigenvalue weighted by atomic mass is 10.2. The molecule has 0 unspecified atom stereocenters. The van der Waals surface area contributed by atoms with E-state index >= 15 is 0 Å². The number of hydrogen-bond acceptors (Lipinski definition) is 4. The third kappa shape index (κ3) is 4.03. The lowest BCUT2D eigenvalue weighted by Gasteiger charge is -2.15. The van der Waals surface area contributed by atoms with E-state index < -0.39 is 5.69 Å². The standard InChI is InChI=1S/C19H18N2O3S/c1-2-16-17(22)20-19(23)21(24-13-14-9-5-3-6-10-14)18(16)25-15-11-7-4-8-12-15/h3-12H,2,13H2,1H3,(H,20,22,23).